The lowest BCUT2D eigenvalue weighted by Gasteiger charge is -2.36. The van der Waals surface area contributed by atoms with Gasteiger partial charge in [0.15, 0.2) is 13.2 Å². The Labute approximate surface area is 324 Å². The monoisotopic (exact) mass is 816 g/mol. The summed E-state index contributed by atoms with van der Waals surface area (Å²) in [5.74, 6) is -1.25. The van der Waals surface area contributed by atoms with E-state index in [4.69, 9.17) is 37.4 Å². The topological polar surface area (TPSA) is 152 Å². The fourth-order valence-electron chi connectivity index (χ4n) is 6.17. The fourth-order valence-corrected chi connectivity index (χ4v) is 9.49. The van der Waals surface area contributed by atoms with E-state index in [-0.39, 0.29) is 42.0 Å². The zero-order valence-electron chi connectivity index (χ0n) is 29.0. The maximum absolute atomic E-state index is 13.1. The smallest absolute Gasteiger partial charge is 0.351 e. The molecular weight excluding hydrogens is 779 g/mol. The average Bonchev–Trinajstić information content (AvgIpc) is 3.67. The summed E-state index contributed by atoms with van der Waals surface area (Å²) in [6.07, 6.45) is 0.604. The molecule has 2 saturated heterocycles. The van der Waals surface area contributed by atoms with Crippen molar-refractivity contribution in [3.05, 3.63) is 113 Å². The average molecular weight is 818 g/mol. The third-order valence-corrected chi connectivity index (χ3v) is 13.2. The molecule has 0 aliphatic carbocycles. The van der Waals surface area contributed by atoms with Crippen LogP contribution in [0.4, 0.5) is 5.69 Å². The van der Waals surface area contributed by atoms with Crippen LogP contribution in [0, 0.1) is 0 Å². The van der Waals surface area contributed by atoms with E-state index in [0.29, 0.717) is 58.9 Å². The number of carbonyl (C=O) groups excluding carboxylic acids is 2. The van der Waals surface area contributed by atoms with Crippen molar-refractivity contribution in [3.63, 3.8) is 0 Å². The molecule has 0 saturated carbocycles. The summed E-state index contributed by atoms with van der Waals surface area (Å²) >= 11 is 12.5. The highest BCUT2D eigenvalue weighted by molar-refractivity contribution is 7.89. The van der Waals surface area contributed by atoms with Crippen LogP contribution in [0.5, 0.6) is 11.5 Å². The summed E-state index contributed by atoms with van der Waals surface area (Å²) < 4.78 is 71.4. The molecule has 2 aliphatic heterocycles. The molecule has 2 heterocycles. The van der Waals surface area contributed by atoms with Crippen LogP contribution in [0.1, 0.15) is 12.0 Å². The van der Waals surface area contributed by atoms with Crippen molar-refractivity contribution >= 4 is 60.9 Å². The molecular formula is C37H38Cl2N4O9S2. The minimum atomic E-state index is -3.65. The second kappa shape index (κ2) is 17.5. The van der Waals surface area contributed by atoms with Gasteiger partial charge < -0.3 is 24.4 Å². The standard InChI is InChI=1S/C37H38Cl2N4O9S2/c38-28-11-13-34(27(21-28)23-40-30-15-16-43(24-30)54(48,49)32-9-5-2-6-10-32)50-25-36(44)52-37(45)26-51-35-14-12-29(39)22-33(35)41-17-19-42(20-18-41)53(46,47)31-7-3-1-4-8-31/h1-14,21-22,30,40H,15-20,23-26H2. The summed E-state index contributed by atoms with van der Waals surface area (Å²) in [5, 5.41) is 4.21. The third kappa shape index (κ3) is 9.71. The Balaban J connectivity index is 0.978. The minimum absolute atomic E-state index is 0.126. The van der Waals surface area contributed by atoms with Crippen molar-refractivity contribution in [2.24, 2.45) is 0 Å². The molecule has 6 rings (SSSR count). The van der Waals surface area contributed by atoms with Crippen molar-refractivity contribution in [2.45, 2.75) is 28.8 Å². The van der Waals surface area contributed by atoms with Gasteiger partial charge in [0, 0.05) is 67.5 Å². The van der Waals surface area contributed by atoms with Gasteiger partial charge in [-0.3, -0.25) is 0 Å². The number of anilines is 1. The van der Waals surface area contributed by atoms with E-state index in [1.165, 1.54) is 8.61 Å². The third-order valence-electron chi connectivity index (χ3n) is 8.94. The van der Waals surface area contributed by atoms with E-state index in [1.807, 2.05) is 4.90 Å². The number of benzene rings is 4. The van der Waals surface area contributed by atoms with Crippen molar-refractivity contribution in [3.8, 4) is 11.5 Å². The molecule has 1 atom stereocenters. The number of nitrogens with zero attached hydrogens (tertiary/aromatic N) is 3. The van der Waals surface area contributed by atoms with Crippen LogP contribution in [-0.2, 0) is 40.9 Å². The van der Waals surface area contributed by atoms with E-state index in [1.54, 1.807) is 97.1 Å². The molecule has 54 heavy (non-hydrogen) atoms. The van der Waals surface area contributed by atoms with Gasteiger partial charge in [-0.05, 0) is 67.1 Å². The van der Waals surface area contributed by atoms with E-state index < -0.39 is 45.2 Å². The Hall–Kier alpha value is -4.22. The second-order valence-corrected chi connectivity index (χ2v) is 17.3. The molecule has 13 nitrogen and oxygen atoms in total. The van der Waals surface area contributed by atoms with E-state index in [2.05, 4.69) is 5.32 Å². The molecule has 0 radical (unpaired) electrons. The molecule has 2 fully saturated rings. The van der Waals surface area contributed by atoms with E-state index in [9.17, 15) is 26.4 Å². The lowest BCUT2D eigenvalue weighted by atomic mass is 10.1. The van der Waals surface area contributed by atoms with Crippen molar-refractivity contribution in [2.75, 3.05) is 57.4 Å². The number of hydrogen-bond donors (Lipinski definition) is 1. The van der Waals surface area contributed by atoms with E-state index >= 15 is 0 Å². The van der Waals surface area contributed by atoms with Crippen LogP contribution in [0.25, 0.3) is 0 Å². The molecule has 0 spiro atoms. The molecule has 0 bridgehead atoms. The predicted octanol–water partition coefficient (Wildman–Crippen LogP) is 4.58. The molecule has 1 N–H and O–H groups in total. The van der Waals surface area contributed by atoms with Crippen molar-refractivity contribution in [1.29, 1.82) is 0 Å². The highest BCUT2D eigenvalue weighted by Crippen LogP contribution is 2.33. The first kappa shape index (κ1) is 39.5. The molecule has 4 aromatic rings. The normalized spacial score (nSPS) is 16.9. The van der Waals surface area contributed by atoms with Gasteiger partial charge in [0.05, 0.1) is 15.5 Å². The second-order valence-electron chi connectivity index (χ2n) is 12.5. The summed E-state index contributed by atoms with van der Waals surface area (Å²) in [4.78, 5) is 27.6. The quantitative estimate of drug-likeness (QED) is 0.141. The van der Waals surface area contributed by atoms with Crippen LogP contribution in [-0.4, -0.2) is 95.9 Å². The molecule has 0 amide bonds. The largest absolute Gasteiger partial charge is 0.482 e. The molecule has 17 heteroatoms. The highest BCUT2D eigenvalue weighted by atomic mass is 35.5. The van der Waals surface area contributed by atoms with Gasteiger partial charge in [0.25, 0.3) is 0 Å². The maximum Gasteiger partial charge on any atom is 0.351 e. The van der Waals surface area contributed by atoms with Crippen LogP contribution >= 0.6 is 23.2 Å². The Bertz CT molecular complexity index is 2170. The predicted molar refractivity (Wildman–Crippen MR) is 203 cm³/mol. The van der Waals surface area contributed by atoms with Crippen LogP contribution in [0.2, 0.25) is 10.0 Å². The SMILES string of the molecule is O=C(COc1ccc(Cl)cc1CNC1CCN(S(=O)(=O)c2ccccc2)C1)OC(=O)COc1ccc(Cl)cc1N1CCN(S(=O)(=O)c2ccccc2)CC1. The zero-order chi connectivity index (χ0) is 38.3. The van der Waals surface area contributed by atoms with E-state index in [0.717, 1.165) is 0 Å². The zero-order valence-corrected chi connectivity index (χ0v) is 32.1. The van der Waals surface area contributed by atoms with Gasteiger partial charge in [-0.1, -0.05) is 59.6 Å². The maximum atomic E-state index is 13.1. The summed E-state index contributed by atoms with van der Waals surface area (Å²) in [6.45, 7) is 0.927. The van der Waals surface area contributed by atoms with Crippen molar-refractivity contribution < 1.29 is 40.6 Å². The molecule has 4 aromatic carbocycles. The highest BCUT2D eigenvalue weighted by Gasteiger charge is 2.33. The number of rotatable bonds is 14. The van der Waals surface area contributed by atoms with Crippen LogP contribution < -0.4 is 19.7 Å². The number of sulfonamides is 2. The Morgan fingerprint density at radius 1 is 0.667 bits per heavy atom. The van der Waals surface area contributed by atoms with Gasteiger partial charge in [-0.25, -0.2) is 26.4 Å². The number of piperazine rings is 1. The van der Waals surface area contributed by atoms with Gasteiger partial charge in [0.1, 0.15) is 11.5 Å². The Morgan fingerprint density at radius 3 is 1.81 bits per heavy atom. The molecule has 0 aromatic heterocycles. The minimum Gasteiger partial charge on any atom is -0.482 e. The summed E-state index contributed by atoms with van der Waals surface area (Å²) in [5.41, 5.74) is 1.19. The van der Waals surface area contributed by atoms with Gasteiger partial charge in [0.2, 0.25) is 20.0 Å². The van der Waals surface area contributed by atoms with Gasteiger partial charge in [-0.2, -0.15) is 8.61 Å². The van der Waals surface area contributed by atoms with Crippen LogP contribution in [0.15, 0.2) is 107 Å². The molecule has 2 aliphatic rings. The number of carbonyl (C=O) groups is 2. The first-order valence-electron chi connectivity index (χ1n) is 17.1. The summed E-state index contributed by atoms with van der Waals surface area (Å²) in [6, 6.07) is 26.1. The fraction of sp³-hybridized carbons (Fsp3) is 0.297. The van der Waals surface area contributed by atoms with Crippen LogP contribution in [0.3, 0.4) is 0 Å². The number of nitrogens with one attached hydrogen (secondary N) is 1. The Morgan fingerprint density at radius 2 is 1.20 bits per heavy atom. The first-order chi connectivity index (χ1) is 25.9. The first-order valence-corrected chi connectivity index (χ1v) is 20.7. The number of halogens is 2. The number of hydrogen-bond acceptors (Lipinski definition) is 11. The molecule has 1 unspecified atom stereocenters. The van der Waals surface area contributed by atoms with Crippen molar-refractivity contribution in [1.82, 2.24) is 13.9 Å². The summed E-state index contributed by atoms with van der Waals surface area (Å²) in [7, 11) is -7.26. The Kier molecular flexibility index (Phi) is 12.8. The van der Waals surface area contributed by atoms with Gasteiger partial charge >= 0.3 is 11.9 Å². The lowest BCUT2D eigenvalue weighted by molar-refractivity contribution is -0.162. The lowest BCUT2D eigenvalue weighted by Crippen LogP contribution is -2.48. The number of ether oxygens (including phenoxy) is 3. The van der Waals surface area contributed by atoms with Gasteiger partial charge in [-0.15, -0.1) is 0 Å². The number of esters is 2. The molecule has 286 valence electrons.